The molecule has 0 aliphatic rings. The minimum absolute atomic E-state index is 0.196. The number of unbranched alkanes of at least 4 members (excludes halogenated alkanes) is 1. The quantitative estimate of drug-likeness (QED) is 0.757. The molecule has 0 saturated carbocycles. The molecule has 0 saturated heterocycles. The molecule has 0 aliphatic heterocycles. The Hall–Kier alpha value is -2.21. The van der Waals surface area contributed by atoms with Crippen LogP contribution in [0.3, 0.4) is 0 Å². The SMILES string of the molecule is CCCCNC(=O)c1ccnc(C(=O)Nc2ccc(Br)cc2)c1. The number of anilines is 1. The minimum atomic E-state index is -0.351. The third-order valence-electron chi connectivity index (χ3n) is 3.17. The molecule has 2 aromatic rings. The second-order valence-corrected chi connectivity index (χ2v) is 5.92. The molecule has 0 bridgehead atoms. The van der Waals surface area contributed by atoms with Gasteiger partial charge in [0.15, 0.2) is 0 Å². The first-order valence-corrected chi connectivity index (χ1v) is 8.20. The van der Waals surface area contributed by atoms with Crippen LogP contribution in [0.15, 0.2) is 47.1 Å². The third-order valence-corrected chi connectivity index (χ3v) is 3.70. The summed E-state index contributed by atoms with van der Waals surface area (Å²) in [6, 6.07) is 10.3. The Morgan fingerprint density at radius 3 is 2.57 bits per heavy atom. The van der Waals surface area contributed by atoms with E-state index >= 15 is 0 Å². The molecular formula is C17H18BrN3O2. The van der Waals surface area contributed by atoms with E-state index in [1.165, 1.54) is 12.3 Å². The number of aromatic nitrogens is 1. The van der Waals surface area contributed by atoms with Crippen molar-refractivity contribution in [2.75, 3.05) is 11.9 Å². The van der Waals surface area contributed by atoms with Gasteiger partial charge < -0.3 is 10.6 Å². The predicted octanol–water partition coefficient (Wildman–Crippen LogP) is 3.63. The molecule has 0 spiro atoms. The first-order valence-electron chi connectivity index (χ1n) is 7.41. The van der Waals surface area contributed by atoms with Crippen LogP contribution in [-0.2, 0) is 0 Å². The van der Waals surface area contributed by atoms with Crippen molar-refractivity contribution in [3.8, 4) is 0 Å². The summed E-state index contributed by atoms with van der Waals surface area (Å²) in [5.41, 5.74) is 1.30. The highest BCUT2D eigenvalue weighted by Gasteiger charge is 2.12. The molecular weight excluding hydrogens is 358 g/mol. The van der Waals surface area contributed by atoms with Crippen LogP contribution in [0, 0.1) is 0 Å². The monoisotopic (exact) mass is 375 g/mol. The average Bonchev–Trinajstić information content (AvgIpc) is 2.57. The molecule has 0 radical (unpaired) electrons. The zero-order chi connectivity index (χ0) is 16.7. The fraction of sp³-hybridized carbons (Fsp3) is 0.235. The van der Waals surface area contributed by atoms with Crippen molar-refractivity contribution in [1.29, 1.82) is 0 Å². The number of carbonyl (C=O) groups excluding carboxylic acids is 2. The van der Waals surface area contributed by atoms with Crippen molar-refractivity contribution in [3.05, 3.63) is 58.3 Å². The van der Waals surface area contributed by atoms with Crippen molar-refractivity contribution >= 4 is 33.4 Å². The fourth-order valence-corrected chi connectivity index (χ4v) is 2.17. The first kappa shape index (κ1) is 17.1. The number of nitrogens with zero attached hydrogens (tertiary/aromatic N) is 1. The summed E-state index contributed by atoms with van der Waals surface area (Å²) in [6.45, 7) is 2.68. The summed E-state index contributed by atoms with van der Waals surface area (Å²) < 4.78 is 0.930. The number of carbonyl (C=O) groups is 2. The molecule has 120 valence electrons. The number of pyridine rings is 1. The van der Waals surface area contributed by atoms with Crippen molar-refractivity contribution in [1.82, 2.24) is 10.3 Å². The van der Waals surface area contributed by atoms with Gasteiger partial charge in [-0.3, -0.25) is 14.6 Å². The van der Waals surface area contributed by atoms with E-state index < -0.39 is 0 Å². The van der Waals surface area contributed by atoms with Crippen LogP contribution < -0.4 is 10.6 Å². The van der Waals surface area contributed by atoms with E-state index in [2.05, 4.69) is 38.5 Å². The molecule has 2 amide bonds. The van der Waals surface area contributed by atoms with Crippen molar-refractivity contribution in [2.24, 2.45) is 0 Å². The Morgan fingerprint density at radius 2 is 1.87 bits per heavy atom. The topological polar surface area (TPSA) is 71.1 Å². The van der Waals surface area contributed by atoms with E-state index in [0.717, 1.165) is 17.3 Å². The van der Waals surface area contributed by atoms with Crippen LogP contribution >= 0.6 is 15.9 Å². The highest BCUT2D eigenvalue weighted by molar-refractivity contribution is 9.10. The van der Waals surface area contributed by atoms with Gasteiger partial charge in [-0.25, -0.2) is 0 Å². The van der Waals surface area contributed by atoms with Crippen LogP contribution in [0.1, 0.15) is 40.6 Å². The van der Waals surface area contributed by atoms with Crippen molar-refractivity contribution in [3.63, 3.8) is 0 Å². The summed E-state index contributed by atoms with van der Waals surface area (Å²) in [6.07, 6.45) is 3.40. The lowest BCUT2D eigenvalue weighted by Crippen LogP contribution is -2.25. The Labute approximate surface area is 143 Å². The van der Waals surface area contributed by atoms with Gasteiger partial charge in [0.05, 0.1) is 0 Å². The van der Waals surface area contributed by atoms with Crippen molar-refractivity contribution in [2.45, 2.75) is 19.8 Å². The lowest BCUT2D eigenvalue weighted by Gasteiger charge is -2.07. The van der Waals surface area contributed by atoms with E-state index in [1.807, 2.05) is 12.1 Å². The number of benzene rings is 1. The van der Waals surface area contributed by atoms with Gasteiger partial charge in [-0.15, -0.1) is 0 Å². The third kappa shape index (κ3) is 5.17. The molecule has 2 rings (SSSR count). The van der Waals surface area contributed by atoms with Gasteiger partial charge in [-0.05, 0) is 42.8 Å². The molecule has 6 heteroatoms. The zero-order valence-electron chi connectivity index (χ0n) is 12.8. The van der Waals surface area contributed by atoms with Gasteiger partial charge >= 0.3 is 0 Å². The van der Waals surface area contributed by atoms with Crippen LogP contribution in [0.5, 0.6) is 0 Å². The minimum Gasteiger partial charge on any atom is -0.352 e. The van der Waals surface area contributed by atoms with Crippen LogP contribution in [0.4, 0.5) is 5.69 Å². The molecule has 0 atom stereocenters. The number of halogens is 1. The number of rotatable bonds is 6. The van der Waals surface area contributed by atoms with Gasteiger partial charge in [0.1, 0.15) is 5.69 Å². The fourth-order valence-electron chi connectivity index (χ4n) is 1.91. The molecule has 5 nitrogen and oxygen atoms in total. The Morgan fingerprint density at radius 1 is 1.13 bits per heavy atom. The number of amides is 2. The smallest absolute Gasteiger partial charge is 0.274 e. The van der Waals surface area contributed by atoms with Crippen molar-refractivity contribution < 1.29 is 9.59 Å². The van der Waals surface area contributed by atoms with Gasteiger partial charge in [0, 0.05) is 28.5 Å². The number of nitrogens with one attached hydrogen (secondary N) is 2. The van der Waals surface area contributed by atoms with E-state index in [9.17, 15) is 9.59 Å². The summed E-state index contributed by atoms with van der Waals surface area (Å²) >= 11 is 3.34. The number of hydrogen-bond donors (Lipinski definition) is 2. The Bertz CT molecular complexity index is 686. The first-order chi connectivity index (χ1) is 11.1. The maximum absolute atomic E-state index is 12.2. The highest BCUT2D eigenvalue weighted by Crippen LogP contribution is 2.15. The molecule has 0 unspecified atom stereocenters. The molecule has 1 heterocycles. The maximum atomic E-state index is 12.2. The van der Waals surface area contributed by atoms with Gasteiger partial charge in [0.2, 0.25) is 0 Å². The van der Waals surface area contributed by atoms with E-state index in [-0.39, 0.29) is 17.5 Å². The van der Waals surface area contributed by atoms with E-state index in [1.54, 1.807) is 18.2 Å². The molecule has 0 fully saturated rings. The molecule has 1 aromatic heterocycles. The van der Waals surface area contributed by atoms with Gasteiger partial charge in [-0.2, -0.15) is 0 Å². The van der Waals surface area contributed by atoms with Crippen LogP contribution in [0.2, 0.25) is 0 Å². The summed E-state index contributed by atoms with van der Waals surface area (Å²) in [5, 5.41) is 5.57. The molecule has 0 aliphatic carbocycles. The second kappa shape index (κ2) is 8.43. The standard InChI is InChI=1S/C17H18BrN3O2/c1-2-3-9-20-16(22)12-8-10-19-15(11-12)17(23)21-14-6-4-13(18)5-7-14/h4-8,10-11H,2-3,9H2,1H3,(H,20,22)(H,21,23). The van der Waals surface area contributed by atoms with Gasteiger partial charge in [0.25, 0.3) is 11.8 Å². The predicted molar refractivity (Wildman–Crippen MR) is 93.6 cm³/mol. The summed E-state index contributed by atoms with van der Waals surface area (Å²) in [5.74, 6) is -0.547. The maximum Gasteiger partial charge on any atom is 0.274 e. The lowest BCUT2D eigenvalue weighted by atomic mass is 10.2. The number of hydrogen-bond acceptors (Lipinski definition) is 3. The Kier molecular flexibility index (Phi) is 6.29. The largest absolute Gasteiger partial charge is 0.352 e. The highest BCUT2D eigenvalue weighted by atomic mass is 79.9. The zero-order valence-corrected chi connectivity index (χ0v) is 14.4. The van der Waals surface area contributed by atoms with Crippen LogP contribution in [-0.4, -0.2) is 23.3 Å². The van der Waals surface area contributed by atoms with E-state index in [0.29, 0.717) is 17.8 Å². The summed E-state index contributed by atoms with van der Waals surface area (Å²) in [4.78, 5) is 28.3. The van der Waals surface area contributed by atoms with Gasteiger partial charge in [-0.1, -0.05) is 29.3 Å². The summed E-state index contributed by atoms with van der Waals surface area (Å²) in [7, 11) is 0. The van der Waals surface area contributed by atoms with Crippen LogP contribution in [0.25, 0.3) is 0 Å². The molecule has 23 heavy (non-hydrogen) atoms. The molecule has 2 N–H and O–H groups in total. The van der Waals surface area contributed by atoms with E-state index in [4.69, 9.17) is 0 Å². The normalized spacial score (nSPS) is 10.2. The second-order valence-electron chi connectivity index (χ2n) is 5.00. The Balaban J connectivity index is 2.04. The lowest BCUT2D eigenvalue weighted by molar-refractivity contribution is 0.0953. The molecule has 1 aromatic carbocycles. The average molecular weight is 376 g/mol.